The third-order valence-corrected chi connectivity index (χ3v) is 15.2. The van der Waals surface area contributed by atoms with Gasteiger partial charge in [-0.15, -0.1) is 0 Å². The summed E-state index contributed by atoms with van der Waals surface area (Å²) in [6.45, 7) is 43.7. The lowest BCUT2D eigenvalue weighted by Crippen LogP contribution is -2.33. The van der Waals surface area contributed by atoms with Gasteiger partial charge in [-0.2, -0.15) is 0 Å². The smallest absolute Gasteiger partial charge is 0.0138 e. The molecule has 0 bridgehead atoms. The number of benzene rings is 2. The van der Waals surface area contributed by atoms with Crippen LogP contribution in [0.15, 0.2) is 24.3 Å². The van der Waals surface area contributed by atoms with Crippen LogP contribution in [0.4, 0.5) is 0 Å². The predicted molar refractivity (Wildman–Crippen MR) is 206 cm³/mol. The molecule has 2 rings (SSSR count). The van der Waals surface area contributed by atoms with E-state index in [4.69, 9.17) is 0 Å². The summed E-state index contributed by atoms with van der Waals surface area (Å²) in [4.78, 5) is 0. The summed E-state index contributed by atoms with van der Waals surface area (Å²) in [6, 6.07) is 10.4. The molecule has 0 amide bonds. The molecule has 0 spiro atoms. The van der Waals surface area contributed by atoms with Crippen molar-refractivity contribution >= 4 is 26.3 Å². The van der Waals surface area contributed by atoms with Crippen molar-refractivity contribution < 1.29 is 0 Å². The maximum atomic E-state index is 2.61. The molecule has 0 aliphatic rings. The molecule has 0 heterocycles. The highest BCUT2D eigenvalue weighted by Gasteiger charge is 2.34. The van der Waals surface area contributed by atoms with Crippen molar-refractivity contribution in [1.29, 1.82) is 0 Å². The van der Waals surface area contributed by atoms with Crippen molar-refractivity contribution in [2.45, 2.75) is 196 Å². The van der Waals surface area contributed by atoms with Gasteiger partial charge in [0.05, 0.1) is 0 Å². The Morgan fingerprint density at radius 1 is 0.341 bits per heavy atom. The molecule has 0 N–H and O–H groups in total. The summed E-state index contributed by atoms with van der Waals surface area (Å²) in [5.41, 5.74) is 10.1. The Kier molecular flexibility index (Phi) is 12.5. The molecule has 0 aromatic heterocycles. The monoisotopic (exact) mass is 636 g/mol. The maximum absolute atomic E-state index is 2.61. The highest BCUT2D eigenvalue weighted by molar-refractivity contribution is 7.91. The molecular weight excluding hydrogens is 566 g/mol. The van der Waals surface area contributed by atoms with E-state index in [1.54, 1.807) is 32.9 Å². The average molecular weight is 637 g/mol. The third-order valence-electron chi connectivity index (χ3n) is 12.3. The Morgan fingerprint density at radius 3 is 0.682 bits per heavy atom. The molecule has 0 aliphatic heterocycles. The zero-order valence-corrected chi connectivity index (χ0v) is 34.2. The van der Waals surface area contributed by atoms with Gasteiger partial charge in [0.15, 0.2) is 0 Å². The largest absolute Gasteiger partial charge is 0.0646 e. The van der Waals surface area contributed by atoms with E-state index in [9.17, 15) is 0 Å². The Morgan fingerprint density at radius 2 is 0.523 bits per heavy atom. The summed E-state index contributed by atoms with van der Waals surface area (Å²) in [5.74, 6) is 0. The first-order valence-electron chi connectivity index (χ1n) is 17.8. The van der Waals surface area contributed by atoms with Crippen LogP contribution in [0.25, 0.3) is 0 Å². The minimum atomic E-state index is 0.113. The minimum absolute atomic E-state index is 0.113. The van der Waals surface area contributed by atoms with Crippen LogP contribution < -0.4 is 10.6 Å². The summed E-state index contributed by atoms with van der Waals surface area (Å²) < 4.78 is 0. The second-order valence-electron chi connectivity index (χ2n) is 17.5. The highest BCUT2D eigenvalue weighted by atomic mass is 31.7. The second kappa shape index (κ2) is 14.0. The number of hydrogen-bond acceptors (Lipinski definition) is 0. The molecule has 0 saturated carbocycles. The van der Waals surface area contributed by atoms with Gasteiger partial charge in [-0.25, -0.2) is 0 Å². The van der Waals surface area contributed by atoms with E-state index in [1.807, 2.05) is 0 Å². The van der Waals surface area contributed by atoms with Crippen LogP contribution >= 0.6 is 15.7 Å². The normalized spacial score (nSPS) is 14.1. The predicted octanol–water partition coefficient (Wildman–Crippen LogP) is 13.6. The summed E-state index contributed by atoms with van der Waals surface area (Å²) in [6.07, 6.45) is 6.83. The van der Waals surface area contributed by atoms with E-state index >= 15 is 0 Å². The van der Waals surface area contributed by atoms with Crippen molar-refractivity contribution in [2.24, 2.45) is 0 Å². The van der Waals surface area contributed by atoms with E-state index in [2.05, 4.69) is 149 Å². The second-order valence-corrected chi connectivity index (χ2v) is 20.0. The lowest BCUT2D eigenvalue weighted by atomic mass is 9.72. The molecule has 248 valence electrons. The van der Waals surface area contributed by atoms with E-state index in [0.29, 0.717) is 0 Å². The fraction of sp³-hybridized carbons (Fsp3) is 0.714. The van der Waals surface area contributed by atoms with E-state index in [1.165, 1.54) is 26.9 Å². The first-order valence-corrected chi connectivity index (χ1v) is 20.3. The van der Waals surface area contributed by atoms with Gasteiger partial charge in [0.1, 0.15) is 0 Å². The lowest BCUT2D eigenvalue weighted by Gasteiger charge is -2.36. The number of hydrogen-bond donors (Lipinski definition) is 0. The van der Waals surface area contributed by atoms with E-state index in [0.717, 1.165) is 38.5 Å². The van der Waals surface area contributed by atoms with Crippen LogP contribution in [0.2, 0.25) is 0 Å². The van der Waals surface area contributed by atoms with Crippen LogP contribution in [0, 0.1) is 0 Å². The molecule has 44 heavy (non-hydrogen) atoms. The SMILES string of the molecule is CCC(C)(C)c1cc(C(C)(C)CC)c(P=Pc2c(C(C)(C)CC)cc(C(C)(C)CC)cc2C(C)(C)CC)c(C(C)(C)CC)c1. The minimum Gasteiger partial charge on any atom is -0.0646 e. The van der Waals surface area contributed by atoms with Gasteiger partial charge in [0.2, 0.25) is 0 Å². The zero-order chi connectivity index (χ0) is 34.1. The van der Waals surface area contributed by atoms with Crippen LogP contribution in [-0.4, -0.2) is 0 Å². The van der Waals surface area contributed by atoms with Crippen LogP contribution in [-0.2, 0) is 32.5 Å². The fourth-order valence-corrected chi connectivity index (χ4v) is 9.59. The molecular formula is C42H70P2. The van der Waals surface area contributed by atoms with Crippen molar-refractivity contribution in [3.8, 4) is 0 Å². The van der Waals surface area contributed by atoms with Gasteiger partial charge in [0.25, 0.3) is 0 Å². The molecule has 0 radical (unpaired) electrons. The highest BCUT2D eigenvalue weighted by Crippen LogP contribution is 2.43. The lowest BCUT2D eigenvalue weighted by molar-refractivity contribution is 0.476. The van der Waals surface area contributed by atoms with Crippen molar-refractivity contribution in [2.75, 3.05) is 0 Å². The van der Waals surface area contributed by atoms with E-state index < -0.39 is 0 Å². The quantitative estimate of drug-likeness (QED) is 0.181. The molecule has 0 nitrogen and oxygen atoms in total. The van der Waals surface area contributed by atoms with Crippen molar-refractivity contribution in [1.82, 2.24) is 0 Å². The Bertz CT molecular complexity index is 1140. The Hall–Kier alpha value is -0.960. The van der Waals surface area contributed by atoms with Gasteiger partial charge in [-0.1, -0.05) is 149 Å². The summed E-state index contributed by atoms with van der Waals surface area (Å²) >= 11 is 0. The van der Waals surface area contributed by atoms with Crippen molar-refractivity contribution in [3.63, 3.8) is 0 Å². The molecule has 2 heteroatoms. The first-order chi connectivity index (χ1) is 20.0. The number of rotatable bonds is 14. The molecule has 0 unspecified atom stereocenters. The standard InChI is InChI=1S/C42H70P2/c1-19-37(7,8)29-25-31(39(11,12)21-3)35(32(26-29)40(13,14)22-4)43-44-36-33(41(15,16)23-5)27-30(38(9,10)20-2)28-34(36)42(17,18)24-6/h25-28H,19-24H2,1-18H3. The molecule has 0 saturated heterocycles. The van der Waals surface area contributed by atoms with E-state index in [-0.39, 0.29) is 32.5 Å². The van der Waals surface area contributed by atoms with Gasteiger partial charge in [-0.3, -0.25) is 0 Å². The zero-order valence-electron chi connectivity index (χ0n) is 32.4. The van der Waals surface area contributed by atoms with Gasteiger partial charge < -0.3 is 0 Å². The molecule has 2 aromatic rings. The topological polar surface area (TPSA) is 0 Å². The fourth-order valence-electron chi connectivity index (χ4n) is 5.60. The average Bonchev–Trinajstić information content (AvgIpc) is 2.98. The van der Waals surface area contributed by atoms with Crippen LogP contribution in [0.1, 0.15) is 197 Å². The van der Waals surface area contributed by atoms with Gasteiger partial charge in [0, 0.05) is 10.6 Å². The molecule has 0 fully saturated rings. The van der Waals surface area contributed by atoms with Crippen molar-refractivity contribution in [3.05, 3.63) is 57.6 Å². The molecule has 2 aromatic carbocycles. The maximum Gasteiger partial charge on any atom is 0.0138 e. The molecule has 0 atom stereocenters. The van der Waals surface area contributed by atoms with Crippen LogP contribution in [0.3, 0.4) is 0 Å². The third kappa shape index (κ3) is 8.12. The molecule has 0 aliphatic carbocycles. The van der Waals surface area contributed by atoms with Gasteiger partial charge in [-0.05, 0) is 120 Å². The Labute approximate surface area is 278 Å². The Balaban J connectivity index is 3.21. The summed E-state index contributed by atoms with van der Waals surface area (Å²) in [7, 11) is 2.83. The first kappa shape index (κ1) is 39.2. The van der Waals surface area contributed by atoms with Crippen LogP contribution in [0.5, 0.6) is 0 Å². The summed E-state index contributed by atoms with van der Waals surface area (Å²) in [5, 5.41) is 3.17. The van der Waals surface area contributed by atoms with Gasteiger partial charge >= 0.3 is 0 Å².